The summed E-state index contributed by atoms with van der Waals surface area (Å²) in [7, 11) is 0. The van der Waals surface area contributed by atoms with Crippen LogP contribution in [0.3, 0.4) is 0 Å². The van der Waals surface area contributed by atoms with Crippen LogP contribution in [0.15, 0.2) is 18.2 Å². The van der Waals surface area contributed by atoms with Gasteiger partial charge in [-0.3, -0.25) is 0 Å². The van der Waals surface area contributed by atoms with E-state index >= 15 is 0 Å². The molecule has 0 bridgehead atoms. The molecule has 0 saturated heterocycles. The van der Waals surface area contributed by atoms with Gasteiger partial charge in [-0.1, -0.05) is 19.9 Å². The van der Waals surface area contributed by atoms with Crippen molar-refractivity contribution in [2.75, 3.05) is 0 Å². The molecule has 3 heteroatoms. The summed E-state index contributed by atoms with van der Waals surface area (Å²) in [4.78, 5) is 0. The highest BCUT2D eigenvalue weighted by atomic mass is 19.1. The summed E-state index contributed by atoms with van der Waals surface area (Å²) in [5.41, 5.74) is -0.221. The number of aliphatic hydroxyl groups is 1. The summed E-state index contributed by atoms with van der Waals surface area (Å²) in [6.07, 6.45) is -0.700. The number of halogens is 2. The van der Waals surface area contributed by atoms with Crippen molar-refractivity contribution in [2.45, 2.75) is 26.4 Å². The van der Waals surface area contributed by atoms with Crippen LogP contribution in [0.1, 0.15) is 31.9 Å². The Kier molecular flexibility index (Phi) is 3.58. The van der Waals surface area contributed by atoms with Gasteiger partial charge in [-0.15, -0.1) is 0 Å². The average molecular weight is 200 g/mol. The molecule has 0 saturated carbocycles. The van der Waals surface area contributed by atoms with Gasteiger partial charge in [-0.25, -0.2) is 8.78 Å². The Balaban J connectivity index is 2.94. The van der Waals surface area contributed by atoms with Gasteiger partial charge in [0, 0.05) is 0 Å². The Morgan fingerprint density at radius 1 is 1.21 bits per heavy atom. The van der Waals surface area contributed by atoms with Gasteiger partial charge in [0.2, 0.25) is 0 Å². The van der Waals surface area contributed by atoms with Crippen LogP contribution in [0.5, 0.6) is 0 Å². The van der Waals surface area contributed by atoms with Crippen LogP contribution in [-0.2, 0) is 0 Å². The quantitative estimate of drug-likeness (QED) is 0.795. The van der Waals surface area contributed by atoms with E-state index in [0.717, 1.165) is 12.1 Å². The van der Waals surface area contributed by atoms with Gasteiger partial charge >= 0.3 is 0 Å². The van der Waals surface area contributed by atoms with Gasteiger partial charge in [0.25, 0.3) is 0 Å². The van der Waals surface area contributed by atoms with Gasteiger partial charge < -0.3 is 5.11 Å². The van der Waals surface area contributed by atoms with Crippen LogP contribution < -0.4 is 0 Å². The van der Waals surface area contributed by atoms with Crippen LogP contribution in [0.4, 0.5) is 8.78 Å². The van der Waals surface area contributed by atoms with Crippen molar-refractivity contribution >= 4 is 0 Å². The van der Waals surface area contributed by atoms with Crippen molar-refractivity contribution in [3.05, 3.63) is 35.4 Å². The first-order chi connectivity index (χ1) is 6.52. The first kappa shape index (κ1) is 11.1. The fourth-order valence-corrected chi connectivity index (χ4v) is 1.39. The summed E-state index contributed by atoms with van der Waals surface area (Å²) >= 11 is 0. The Bertz CT molecular complexity index is 290. The summed E-state index contributed by atoms with van der Waals surface area (Å²) in [5, 5.41) is 9.57. The molecule has 0 aliphatic rings. The van der Waals surface area contributed by atoms with Crippen LogP contribution in [0.2, 0.25) is 0 Å². The van der Waals surface area contributed by atoms with E-state index in [1.165, 1.54) is 6.07 Å². The Hall–Kier alpha value is -0.960. The highest BCUT2D eigenvalue weighted by molar-refractivity contribution is 5.21. The minimum absolute atomic E-state index is 0.198. The van der Waals surface area contributed by atoms with E-state index in [1.807, 2.05) is 13.8 Å². The second-order valence-corrected chi connectivity index (χ2v) is 3.78. The zero-order valence-electron chi connectivity index (χ0n) is 8.30. The SMILES string of the molecule is CC(C)CC(O)c1c(F)cccc1F. The molecular weight excluding hydrogens is 186 g/mol. The summed E-state index contributed by atoms with van der Waals surface area (Å²) < 4.78 is 26.3. The Labute approximate surface area is 82.4 Å². The number of rotatable bonds is 3. The van der Waals surface area contributed by atoms with E-state index in [0.29, 0.717) is 6.42 Å². The minimum atomic E-state index is -1.06. The second-order valence-electron chi connectivity index (χ2n) is 3.78. The number of hydrogen-bond acceptors (Lipinski definition) is 1. The van der Waals surface area contributed by atoms with Crippen LogP contribution in [-0.4, -0.2) is 5.11 Å². The number of hydrogen-bond donors (Lipinski definition) is 1. The monoisotopic (exact) mass is 200 g/mol. The van der Waals surface area contributed by atoms with E-state index in [9.17, 15) is 13.9 Å². The molecule has 0 heterocycles. The lowest BCUT2D eigenvalue weighted by atomic mass is 9.99. The predicted molar refractivity (Wildman–Crippen MR) is 50.8 cm³/mol. The van der Waals surface area contributed by atoms with E-state index in [2.05, 4.69) is 0 Å². The zero-order chi connectivity index (χ0) is 10.7. The first-order valence-electron chi connectivity index (χ1n) is 4.64. The lowest BCUT2D eigenvalue weighted by Gasteiger charge is -2.14. The molecule has 0 aromatic heterocycles. The lowest BCUT2D eigenvalue weighted by molar-refractivity contribution is 0.142. The Morgan fingerprint density at radius 3 is 2.14 bits per heavy atom. The molecule has 1 aromatic carbocycles. The standard InChI is InChI=1S/C11H14F2O/c1-7(2)6-10(14)11-8(12)4-3-5-9(11)13/h3-5,7,10,14H,6H2,1-2H3. The number of benzene rings is 1. The molecule has 1 nitrogen and oxygen atoms in total. The van der Waals surface area contributed by atoms with Crippen molar-refractivity contribution in [3.8, 4) is 0 Å². The molecule has 0 fully saturated rings. The molecule has 78 valence electrons. The predicted octanol–water partition coefficient (Wildman–Crippen LogP) is 3.04. The molecule has 0 radical (unpaired) electrons. The lowest BCUT2D eigenvalue weighted by Crippen LogP contribution is -2.06. The summed E-state index contributed by atoms with van der Waals surface area (Å²) in [6, 6.07) is 3.60. The van der Waals surface area contributed by atoms with Crippen molar-refractivity contribution in [1.82, 2.24) is 0 Å². The molecule has 0 aliphatic heterocycles. The van der Waals surface area contributed by atoms with Crippen molar-refractivity contribution in [2.24, 2.45) is 5.92 Å². The minimum Gasteiger partial charge on any atom is -0.388 e. The van der Waals surface area contributed by atoms with Crippen LogP contribution >= 0.6 is 0 Å². The zero-order valence-corrected chi connectivity index (χ0v) is 8.30. The van der Waals surface area contributed by atoms with Gasteiger partial charge in [0.15, 0.2) is 0 Å². The summed E-state index contributed by atoms with van der Waals surface area (Å²) in [6.45, 7) is 3.78. The second kappa shape index (κ2) is 4.51. The molecule has 0 spiro atoms. The van der Waals surface area contributed by atoms with Gasteiger partial charge in [-0.05, 0) is 24.5 Å². The molecule has 1 N–H and O–H groups in total. The molecule has 1 atom stereocenters. The van der Waals surface area contributed by atoms with Crippen molar-refractivity contribution in [1.29, 1.82) is 0 Å². The molecule has 1 unspecified atom stereocenters. The van der Waals surface area contributed by atoms with Crippen molar-refractivity contribution < 1.29 is 13.9 Å². The topological polar surface area (TPSA) is 20.2 Å². The maximum atomic E-state index is 13.2. The highest BCUT2D eigenvalue weighted by Gasteiger charge is 2.18. The van der Waals surface area contributed by atoms with Crippen molar-refractivity contribution in [3.63, 3.8) is 0 Å². The molecule has 0 aliphatic carbocycles. The molecular formula is C11H14F2O. The molecule has 14 heavy (non-hydrogen) atoms. The average Bonchev–Trinajstić information content (AvgIpc) is 2.01. The molecule has 1 aromatic rings. The van der Waals surface area contributed by atoms with E-state index in [-0.39, 0.29) is 11.5 Å². The Morgan fingerprint density at radius 2 is 1.71 bits per heavy atom. The third kappa shape index (κ3) is 2.51. The van der Waals surface area contributed by atoms with Gasteiger partial charge in [0.1, 0.15) is 11.6 Å². The van der Waals surface area contributed by atoms with Crippen LogP contribution in [0, 0.1) is 17.6 Å². The smallest absolute Gasteiger partial charge is 0.131 e. The number of aliphatic hydroxyl groups excluding tert-OH is 1. The van der Waals surface area contributed by atoms with E-state index in [4.69, 9.17) is 0 Å². The molecule has 0 amide bonds. The van der Waals surface area contributed by atoms with E-state index in [1.54, 1.807) is 0 Å². The largest absolute Gasteiger partial charge is 0.388 e. The fourth-order valence-electron chi connectivity index (χ4n) is 1.39. The van der Waals surface area contributed by atoms with Gasteiger partial charge in [-0.2, -0.15) is 0 Å². The fraction of sp³-hybridized carbons (Fsp3) is 0.455. The summed E-state index contributed by atoms with van der Waals surface area (Å²) in [5.74, 6) is -1.17. The van der Waals surface area contributed by atoms with Gasteiger partial charge in [0.05, 0.1) is 11.7 Å². The highest BCUT2D eigenvalue weighted by Crippen LogP contribution is 2.25. The normalized spacial score (nSPS) is 13.3. The first-order valence-corrected chi connectivity index (χ1v) is 4.64. The van der Waals surface area contributed by atoms with Crippen LogP contribution in [0.25, 0.3) is 0 Å². The maximum Gasteiger partial charge on any atom is 0.131 e. The third-order valence-electron chi connectivity index (χ3n) is 2.03. The third-order valence-corrected chi connectivity index (χ3v) is 2.03. The molecule has 1 rings (SSSR count). The van der Waals surface area contributed by atoms with E-state index < -0.39 is 17.7 Å². The maximum absolute atomic E-state index is 13.2.